The number of fused-ring (bicyclic) bond motifs is 5. The van der Waals surface area contributed by atoms with E-state index in [1.807, 2.05) is 0 Å². The summed E-state index contributed by atoms with van der Waals surface area (Å²) in [7, 11) is 1.80. The average molecular weight is 810 g/mol. The minimum absolute atomic E-state index is 0.120. The molecular weight excluding hydrogens is 761 g/mol. The van der Waals surface area contributed by atoms with Gasteiger partial charge in [0, 0.05) is 28.6 Å². The van der Waals surface area contributed by atoms with Crippen LogP contribution in [0.3, 0.4) is 0 Å². The minimum Gasteiger partial charge on any atom is -0.496 e. The van der Waals surface area contributed by atoms with Gasteiger partial charge in [0.2, 0.25) is 6.71 Å². The number of para-hydroxylation sites is 1. The van der Waals surface area contributed by atoms with Crippen LogP contribution in [0.2, 0.25) is 0 Å². The third-order valence-corrected chi connectivity index (χ3v) is 13.5. The molecule has 1 aliphatic rings. The number of anilines is 3. The molecule has 0 radical (unpaired) electrons. The Labute approximate surface area is 371 Å². The zero-order valence-corrected chi connectivity index (χ0v) is 36.8. The smallest absolute Gasteiger partial charge is 0.243 e. The second kappa shape index (κ2) is 15.2. The fourth-order valence-corrected chi connectivity index (χ4v) is 11.0. The molecule has 0 amide bonds. The molecule has 1 heterocycles. The van der Waals surface area contributed by atoms with E-state index < -0.39 is 0 Å². The normalized spacial score (nSPS) is 11.9. The highest BCUT2D eigenvalue weighted by atomic mass is 16.5. The van der Waals surface area contributed by atoms with Crippen LogP contribution < -0.4 is 26.0 Å². The third-order valence-electron chi connectivity index (χ3n) is 13.5. The molecule has 0 unspecified atom stereocenters. The lowest BCUT2D eigenvalue weighted by atomic mass is 9.32. The topological polar surface area (TPSA) is 12.5 Å². The summed E-state index contributed by atoms with van der Waals surface area (Å²) >= 11 is 0. The maximum Gasteiger partial charge on any atom is 0.243 e. The fourth-order valence-electron chi connectivity index (χ4n) is 11.0. The van der Waals surface area contributed by atoms with Gasteiger partial charge in [0.1, 0.15) is 5.75 Å². The van der Waals surface area contributed by atoms with Gasteiger partial charge in [0.05, 0.1) is 12.8 Å². The first-order chi connectivity index (χ1) is 30.8. The molecule has 0 fully saturated rings. The Morgan fingerprint density at radius 3 is 1.84 bits per heavy atom. The number of benzene rings is 10. The van der Waals surface area contributed by atoms with Crippen molar-refractivity contribution in [3.8, 4) is 39.1 Å². The Morgan fingerprint density at radius 1 is 0.413 bits per heavy atom. The van der Waals surface area contributed by atoms with Crippen molar-refractivity contribution >= 4 is 72.5 Å². The van der Waals surface area contributed by atoms with Gasteiger partial charge in [-0.1, -0.05) is 190 Å². The number of methoxy groups -OCH3 is 1. The number of rotatable bonds is 7. The lowest BCUT2D eigenvalue weighted by Crippen LogP contribution is -2.57. The molecule has 10 aromatic carbocycles. The van der Waals surface area contributed by atoms with Crippen molar-refractivity contribution in [3.05, 3.63) is 210 Å². The molecule has 302 valence electrons. The van der Waals surface area contributed by atoms with Crippen molar-refractivity contribution in [2.45, 2.75) is 34.6 Å². The van der Waals surface area contributed by atoms with Crippen LogP contribution in [0.5, 0.6) is 5.75 Å². The number of nitrogens with zero attached hydrogens (tertiary/aromatic N) is 1. The molecule has 10 aromatic rings. The Kier molecular flexibility index (Phi) is 9.32. The van der Waals surface area contributed by atoms with E-state index in [0.29, 0.717) is 0 Å². The molecule has 0 aromatic heterocycles. The van der Waals surface area contributed by atoms with Crippen molar-refractivity contribution in [2.75, 3.05) is 12.0 Å². The van der Waals surface area contributed by atoms with Crippen LogP contribution in [-0.4, -0.2) is 13.8 Å². The summed E-state index contributed by atoms with van der Waals surface area (Å²) in [4.78, 5) is 2.39. The molecule has 1 aliphatic heterocycles. The van der Waals surface area contributed by atoms with Gasteiger partial charge in [-0.05, 0) is 120 Å². The predicted octanol–water partition coefficient (Wildman–Crippen LogP) is 14.0. The van der Waals surface area contributed by atoms with E-state index in [1.54, 1.807) is 7.11 Å². The van der Waals surface area contributed by atoms with E-state index in [9.17, 15) is 0 Å². The highest BCUT2D eigenvalue weighted by Gasteiger charge is 2.35. The van der Waals surface area contributed by atoms with E-state index in [-0.39, 0.29) is 6.71 Å². The number of hydrogen-bond donors (Lipinski definition) is 0. The summed E-state index contributed by atoms with van der Waals surface area (Å²) in [5.74, 6) is 0.826. The average Bonchev–Trinajstić information content (AvgIpc) is 3.30. The second-order valence-corrected chi connectivity index (χ2v) is 17.5. The summed E-state index contributed by atoms with van der Waals surface area (Å²) in [6.45, 7) is 11.4. The van der Waals surface area contributed by atoms with E-state index >= 15 is 0 Å². The molecule has 3 heteroatoms. The second-order valence-electron chi connectivity index (χ2n) is 17.5. The van der Waals surface area contributed by atoms with Gasteiger partial charge in [-0.25, -0.2) is 0 Å². The Hall–Kier alpha value is -7.36. The Balaban J connectivity index is 1.12. The molecular formula is C60H48BNO. The van der Waals surface area contributed by atoms with Gasteiger partial charge in [0.25, 0.3) is 0 Å². The van der Waals surface area contributed by atoms with Crippen molar-refractivity contribution in [2.24, 2.45) is 0 Å². The zero-order chi connectivity index (χ0) is 42.9. The number of ether oxygens (including phenoxy) is 1. The largest absolute Gasteiger partial charge is 0.496 e. The van der Waals surface area contributed by atoms with E-state index in [4.69, 9.17) is 4.74 Å². The minimum atomic E-state index is 0.120. The lowest BCUT2D eigenvalue weighted by molar-refractivity contribution is 0.416. The highest BCUT2D eigenvalue weighted by Crippen LogP contribution is 2.46. The molecule has 0 bridgehead atoms. The van der Waals surface area contributed by atoms with Crippen LogP contribution in [-0.2, 0) is 0 Å². The first-order valence-electron chi connectivity index (χ1n) is 22.1. The summed E-state index contributed by atoms with van der Waals surface area (Å²) in [5, 5.41) is 7.50. The van der Waals surface area contributed by atoms with Crippen LogP contribution in [0.4, 0.5) is 17.1 Å². The van der Waals surface area contributed by atoms with Crippen molar-refractivity contribution in [1.29, 1.82) is 0 Å². The molecule has 0 aliphatic carbocycles. The first-order valence-corrected chi connectivity index (χ1v) is 22.1. The summed E-state index contributed by atoms with van der Waals surface area (Å²) in [6.07, 6.45) is 0. The third kappa shape index (κ3) is 6.33. The maximum atomic E-state index is 6.44. The van der Waals surface area contributed by atoms with Gasteiger partial charge in [-0.3, -0.25) is 0 Å². The molecule has 0 saturated heterocycles. The fraction of sp³-hybridized carbons (Fsp3) is 0.100. The van der Waals surface area contributed by atoms with Crippen molar-refractivity contribution in [3.63, 3.8) is 0 Å². The SMILES string of the molecule is COc1cc(N(c2ccc3c(ccc4ccccc43)c2)c2ccccc2-c2ccccc2)ccc1-c1ccc2c3c(cccc13)-c1cc(C)cc(C)c1B2c1c(C)cc(C)cc1C. The van der Waals surface area contributed by atoms with Crippen molar-refractivity contribution in [1.82, 2.24) is 0 Å². The summed E-state index contributed by atoms with van der Waals surface area (Å²) < 4.78 is 6.44. The van der Waals surface area contributed by atoms with Gasteiger partial charge < -0.3 is 9.64 Å². The van der Waals surface area contributed by atoms with Crippen LogP contribution in [0.25, 0.3) is 65.7 Å². The molecule has 11 rings (SSSR count). The van der Waals surface area contributed by atoms with E-state index in [0.717, 1.165) is 39.5 Å². The van der Waals surface area contributed by atoms with Gasteiger partial charge >= 0.3 is 0 Å². The van der Waals surface area contributed by atoms with Gasteiger partial charge in [-0.15, -0.1) is 0 Å². The van der Waals surface area contributed by atoms with E-state index in [1.165, 1.54) is 93.2 Å². The Morgan fingerprint density at radius 2 is 1.03 bits per heavy atom. The lowest BCUT2D eigenvalue weighted by Gasteiger charge is -2.32. The molecule has 0 saturated carbocycles. The quantitative estimate of drug-likeness (QED) is 0.117. The predicted molar refractivity (Wildman–Crippen MR) is 271 cm³/mol. The van der Waals surface area contributed by atoms with Crippen LogP contribution in [0, 0.1) is 34.6 Å². The van der Waals surface area contributed by atoms with Gasteiger partial charge in [0.15, 0.2) is 0 Å². The van der Waals surface area contributed by atoms with Gasteiger partial charge in [-0.2, -0.15) is 0 Å². The highest BCUT2D eigenvalue weighted by molar-refractivity contribution is 6.99. The number of aryl methyl sites for hydroxylation is 5. The Bertz CT molecular complexity index is 3430. The van der Waals surface area contributed by atoms with Crippen LogP contribution in [0.1, 0.15) is 27.8 Å². The molecule has 0 spiro atoms. The van der Waals surface area contributed by atoms with Crippen LogP contribution in [0.15, 0.2) is 182 Å². The molecule has 0 N–H and O–H groups in total. The van der Waals surface area contributed by atoms with E-state index in [2.05, 4.69) is 222 Å². The summed E-state index contributed by atoms with van der Waals surface area (Å²) in [5.41, 5.74) is 21.2. The molecule has 0 atom stereocenters. The number of hydrogen-bond acceptors (Lipinski definition) is 2. The standard InChI is InChI=1S/C60H48BNO/c1-37-31-39(3)59(40(4)32-37)61-55-30-29-50(52-20-14-21-53(58(52)55)54-34-38(2)33-41(5)60(54)61)51-28-26-46(36-57(51)63-6)62(56-22-13-12-19-49(56)42-15-8-7-9-16-42)45-25-27-48-44(35-45)24-23-43-17-10-11-18-47(43)48/h7-36H,1-6H3. The van der Waals surface area contributed by atoms with Crippen molar-refractivity contribution < 1.29 is 4.74 Å². The van der Waals surface area contributed by atoms with Crippen LogP contribution >= 0.6 is 0 Å². The zero-order valence-electron chi connectivity index (χ0n) is 36.8. The molecule has 63 heavy (non-hydrogen) atoms. The first kappa shape index (κ1) is 38.6. The maximum absolute atomic E-state index is 6.44. The summed E-state index contributed by atoms with van der Waals surface area (Å²) in [6, 6.07) is 67.2. The monoisotopic (exact) mass is 809 g/mol. The molecule has 2 nitrogen and oxygen atoms in total.